The summed E-state index contributed by atoms with van der Waals surface area (Å²) in [4.78, 5) is 20.8. The van der Waals surface area contributed by atoms with E-state index in [0.717, 1.165) is 0 Å². The number of nitrogens with one attached hydrogen (secondary N) is 1. The Kier molecular flexibility index (Phi) is 3.99. The van der Waals surface area contributed by atoms with E-state index in [-0.39, 0.29) is 17.6 Å². The molecule has 2 aromatic heterocycles. The van der Waals surface area contributed by atoms with Gasteiger partial charge in [0.15, 0.2) is 5.03 Å². The Morgan fingerprint density at radius 2 is 2.40 bits per heavy atom. The van der Waals surface area contributed by atoms with E-state index in [9.17, 15) is 10.1 Å². The molecule has 0 spiro atoms. The van der Waals surface area contributed by atoms with Crippen LogP contribution in [0.5, 0.6) is 0 Å². The Morgan fingerprint density at radius 1 is 1.60 bits per heavy atom. The maximum atomic E-state index is 10.4. The fourth-order valence-electron chi connectivity index (χ4n) is 1.53. The monoisotopic (exact) mass is 294 g/mol. The van der Waals surface area contributed by atoms with Gasteiger partial charge in [-0.2, -0.15) is 0 Å². The van der Waals surface area contributed by atoms with Gasteiger partial charge in [-0.1, -0.05) is 22.1 Å². The van der Waals surface area contributed by atoms with Gasteiger partial charge in [-0.05, 0) is 17.2 Å². The first-order chi connectivity index (χ1) is 9.60. The largest absolute Gasteiger partial charge is 0.309 e. The van der Waals surface area contributed by atoms with Gasteiger partial charge in [0.05, 0.1) is 6.54 Å². The molecule has 0 saturated heterocycles. The van der Waals surface area contributed by atoms with E-state index in [2.05, 4.69) is 20.0 Å². The minimum Gasteiger partial charge on any atom is -0.309 e. The summed E-state index contributed by atoms with van der Waals surface area (Å²) in [5.41, 5.74) is 11.3. The molecule has 11 heteroatoms. The van der Waals surface area contributed by atoms with Crippen molar-refractivity contribution < 1.29 is 5.03 Å². The molecular formula is C9H7ClN8O2. The van der Waals surface area contributed by atoms with Crippen LogP contribution in [-0.2, 0) is 6.54 Å². The lowest BCUT2D eigenvalue weighted by molar-refractivity contribution is -0.446. The Bertz CT molecular complexity index is 693. The molecule has 0 saturated carbocycles. The van der Waals surface area contributed by atoms with Crippen molar-refractivity contribution in [2.75, 3.05) is 5.43 Å². The summed E-state index contributed by atoms with van der Waals surface area (Å²) in [5, 5.41) is 13.4. The van der Waals surface area contributed by atoms with E-state index < -0.39 is 5.03 Å². The van der Waals surface area contributed by atoms with Gasteiger partial charge in [0, 0.05) is 29.2 Å². The first-order valence-electron chi connectivity index (χ1n) is 5.22. The molecule has 10 nitrogen and oxygen atoms in total. The van der Waals surface area contributed by atoms with Crippen LogP contribution < -0.4 is 5.43 Å². The number of nitro groups is 1. The van der Waals surface area contributed by atoms with Gasteiger partial charge in [-0.25, -0.2) is 20.1 Å². The number of azide groups is 1. The standard InChI is InChI=1S/C9H7ClN8O2/c10-8-3-7(14-16-11)6(4-13-8)5-17-2-1-12-9(17)15-18(19)20/h1-4H,5H2,(H,12,15). The van der Waals surface area contributed by atoms with Gasteiger partial charge in [-0.3, -0.25) is 0 Å². The molecule has 0 bridgehead atoms. The Labute approximate surface area is 116 Å². The van der Waals surface area contributed by atoms with Crippen LogP contribution in [0.3, 0.4) is 0 Å². The summed E-state index contributed by atoms with van der Waals surface area (Å²) in [5.74, 6) is 0.0526. The number of rotatable bonds is 5. The topological polar surface area (TPSA) is 135 Å². The smallest absolute Gasteiger partial charge is 0.265 e. The first-order valence-corrected chi connectivity index (χ1v) is 5.59. The summed E-state index contributed by atoms with van der Waals surface area (Å²) in [6.07, 6.45) is 4.38. The molecule has 1 N–H and O–H groups in total. The highest BCUT2D eigenvalue weighted by molar-refractivity contribution is 6.29. The lowest BCUT2D eigenvalue weighted by Crippen LogP contribution is -2.13. The van der Waals surface area contributed by atoms with Crippen LogP contribution in [0.15, 0.2) is 29.8 Å². The molecule has 0 atom stereocenters. The second-order valence-electron chi connectivity index (χ2n) is 3.57. The first kappa shape index (κ1) is 13.6. The fraction of sp³-hybridized carbons (Fsp3) is 0.111. The van der Waals surface area contributed by atoms with Crippen LogP contribution >= 0.6 is 11.6 Å². The minimum absolute atomic E-state index is 0.0526. The molecule has 0 aliphatic rings. The van der Waals surface area contributed by atoms with Gasteiger partial charge >= 0.3 is 0 Å². The molecular weight excluding hydrogens is 288 g/mol. The molecule has 0 fully saturated rings. The van der Waals surface area contributed by atoms with Crippen LogP contribution in [0.2, 0.25) is 5.15 Å². The molecule has 2 rings (SSSR count). The predicted octanol–water partition coefficient (Wildman–Crippen LogP) is 2.53. The summed E-state index contributed by atoms with van der Waals surface area (Å²) >= 11 is 5.72. The lowest BCUT2D eigenvalue weighted by Gasteiger charge is -2.08. The molecule has 0 amide bonds. The van der Waals surface area contributed by atoms with Crippen molar-refractivity contribution in [2.24, 2.45) is 5.11 Å². The van der Waals surface area contributed by atoms with Crippen LogP contribution in [0.4, 0.5) is 11.6 Å². The van der Waals surface area contributed by atoms with E-state index in [1.165, 1.54) is 23.0 Å². The van der Waals surface area contributed by atoms with Crippen molar-refractivity contribution >= 4 is 23.2 Å². The number of hydrogen-bond donors (Lipinski definition) is 1. The molecule has 0 unspecified atom stereocenters. The molecule has 0 radical (unpaired) electrons. The van der Waals surface area contributed by atoms with Crippen molar-refractivity contribution in [1.82, 2.24) is 14.5 Å². The van der Waals surface area contributed by atoms with E-state index in [1.54, 1.807) is 6.20 Å². The fourth-order valence-corrected chi connectivity index (χ4v) is 1.68. The van der Waals surface area contributed by atoms with E-state index in [4.69, 9.17) is 17.1 Å². The summed E-state index contributed by atoms with van der Waals surface area (Å²) in [6, 6.07) is 1.41. The Morgan fingerprint density at radius 3 is 3.10 bits per heavy atom. The zero-order chi connectivity index (χ0) is 14.5. The third-order valence-electron chi connectivity index (χ3n) is 2.33. The quantitative estimate of drug-likeness (QED) is 0.226. The van der Waals surface area contributed by atoms with Crippen molar-refractivity contribution in [2.45, 2.75) is 6.54 Å². The number of hydrazine groups is 1. The molecule has 20 heavy (non-hydrogen) atoms. The van der Waals surface area contributed by atoms with Gasteiger partial charge in [-0.15, -0.1) is 0 Å². The Hall–Kier alpha value is -2.84. The second kappa shape index (κ2) is 5.87. The number of halogens is 1. The maximum absolute atomic E-state index is 10.4. The van der Waals surface area contributed by atoms with Gasteiger partial charge in [0.25, 0.3) is 5.95 Å². The van der Waals surface area contributed by atoms with Crippen molar-refractivity contribution in [3.05, 3.63) is 55.9 Å². The number of aromatic nitrogens is 3. The molecule has 0 aliphatic heterocycles. The number of imidazole rings is 1. The highest BCUT2D eigenvalue weighted by atomic mass is 35.5. The Balaban J connectivity index is 2.33. The molecule has 102 valence electrons. The van der Waals surface area contributed by atoms with Crippen LogP contribution in [-0.4, -0.2) is 19.6 Å². The van der Waals surface area contributed by atoms with Crippen LogP contribution in [0.1, 0.15) is 5.56 Å². The van der Waals surface area contributed by atoms with Gasteiger partial charge in [0.2, 0.25) is 0 Å². The number of nitrogens with zero attached hydrogens (tertiary/aromatic N) is 7. The third kappa shape index (κ3) is 3.13. The average Bonchev–Trinajstić information content (AvgIpc) is 2.79. The lowest BCUT2D eigenvalue weighted by atomic mass is 10.2. The number of anilines is 1. The molecule has 2 aromatic rings. The second-order valence-corrected chi connectivity index (χ2v) is 3.96. The third-order valence-corrected chi connectivity index (χ3v) is 2.54. The molecule has 0 aliphatic carbocycles. The normalized spacial score (nSPS) is 9.85. The van der Waals surface area contributed by atoms with E-state index in [1.807, 2.05) is 5.43 Å². The predicted molar refractivity (Wildman–Crippen MR) is 70.0 cm³/mol. The maximum Gasteiger partial charge on any atom is 0.265 e. The van der Waals surface area contributed by atoms with Crippen molar-refractivity contribution in [3.8, 4) is 0 Å². The molecule has 0 aromatic carbocycles. The summed E-state index contributed by atoms with van der Waals surface area (Å²) < 4.78 is 1.48. The molecule has 2 heterocycles. The summed E-state index contributed by atoms with van der Waals surface area (Å²) in [6.45, 7) is 0.189. The van der Waals surface area contributed by atoms with Crippen molar-refractivity contribution in [1.29, 1.82) is 0 Å². The van der Waals surface area contributed by atoms with Gasteiger partial charge < -0.3 is 4.57 Å². The van der Waals surface area contributed by atoms with E-state index >= 15 is 0 Å². The number of hydrogen-bond acceptors (Lipinski definition) is 5. The number of pyridine rings is 1. The van der Waals surface area contributed by atoms with E-state index in [0.29, 0.717) is 11.3 Å². The summed E-state index contributed by atoms with van der Waals surface area (Å²) in [7, 11) is 0. The zero-order valence-electron chi connectivity index (χ0n) is 9.84. The van der Waals surface area contributed by atoms with Crippen LogP contribution in [0, 0.1) is 10.1 Å². The highest BCUT2D eigenvalue weighted by Gasteiger charge is 2.10. The van der Waals surface area contributed by atoms with Crippen molar-refractivity contribution in [3.63, 3.8) is 0 Å². The van der Waals surface area contributed by atoms with Crippen LogP contribution in [0.25, 0.3) is 10.4 Å². The highest BCUT2D eigenvalue weighted by Crippen LogP contribution is 2.23. The SMILES string of the molecule is [N-]=[N+]=Nc1cc(Cl)ncc1Cn1ccnc1N[N+](=O)[O-]. The zero-order valence-corrected chi connectivity index (χ0v) is 10.6. The minimum atomic E-state index is -0.715. The van der Waals surface area contributed by atoms with Gasteiger partial charge in [0.1, 0.15) is 5.15 Å². The average molecular weight is 295 g/mol.